The van der Waals surface area contributed by atoms with Crippen molar-refractivity contribution in [2.24, 2.45) is 5.92 Å². The Morgan fingerprint density at radius 1 is 1.78 bits per heavy atom. The molecular formula is C6H11NO2. The molecule has 1 rings (SSSR count). The molecule has 1 aliphatic rings. The number of nitrogens with one attached hydrogen (secondary N) is 1. The first-order valence-electron chi connectivity index (χ1n) is 3.18. The number of carboxylic acid groups (broad SMARTS) is 1. The topological polar surface area (TPSA) is 49.3 Å². The van der Waals surface area contributed by atoms with Gasteiger partial charge in [0.15, 0.2) is 0 Å². The fourth-order valence-corrected chi connectivity index (χ4v) is 1.17. The molecule has 1 heterocycles. The van der Waals surface area contributed by atoms with Crippen LogP contribution >= 0.6 is 0 Å². The molecule has 0 aromatic carbocycles. The summed E-state index contributed by atoms with van der Waals surface area (Å²) in [5.74, 6) is -0.428. The highest BCUT2D eigenvalue weighted by Crippen LogP contribution is 2.13. The fourth-order valence-electron chi connectivity index (χ4n) is 1.17. The van der Waals surface area contributed by atoms with Gasteiger partial charge < -0.3 is 10.4 Å². The Morgan fingerprint density at radius 2 is 2.44 bits per heavy atom. The predicted molar refractivity (Wildman–Crippen MR) is 33.2 cm³/mol. The lowest BCUT2D eigenvalue weighted by molar-refractivity contribution is -0.139. The Hall–Kier alpha value is -0.570. The van der Waals surface area contributed by atoms with Gasteiger partial charge in [-0.25, -0.2) is 0 Å². The lowest BCUT2D eigenvalue weighted by Gasteiger charge is -2.07. The summed E-state index contributed by atoms with van der Waals surface area (Å²) in [6.07, 6.45) is 0.983. The van der Waals surface area contributed by atoms with Crippen molar-refractivity contribution < 1.29 is 9.90 Å². The number of rotatable bonds is 1. The van der Waals surface area contributed by atoms with Crippen LogP contribution in [0.25, 0.3) is 0 Å². The van der Waals surface area contributed by atoms with E-state index in [1.807, 2.05) is 6.92 Å². The summed E-state index contributed by atoms with van der Waals surface area (Å²) in [6, 6.07) is -0.301. The van der Waals surface area contributed by atoms with Crippen LogP contribution < -0.4 is 5.32 Å². The van der Waals surface area contributed by atoms with Crippen LogP contribution in [0.3, 0.4) is 0 Å². The smallest absolute Gasteiger partial charge is 0.320 e. The molecule has 1 fully saturated rings. The molecule has 3 heteroatoms. The van der Waals surface area contributed by atoms with Crippen LogP contribution in [-0.4, -0.2) is 23.7 Å². The zero-order valence-electron chi connectivity index (χ0n) is 5.42. The van der Waals surface area contributed by atoms with Crippen molar-refractivity contribution in [3.05, 3.63) is 0 Å². The van der Waals surface area contributed by atoms with Crippen LogP contribution in [0.5, 0.6) is 0 Å². The highest BCUT2D eigenvalue weighted by molar-refractivity contribution is 5.74. The molecule has 52 valence electrons. The molecule has 2 atom stereocenters. The highest BCUT2D eigenvalue weighted by Gasteiger charge is 2.28. The van der Waals surface area contributed by atoms with E-state index >= 15 is 0 Å². The predicted octanol–water partition coefficient (Wildman–Crippen LogP) is 0.0690. The first-order chi connectivity index (χ1) is 4.22. The van der Waals surface area contributed by atoms with Gasteiger partial charge in [-0.3, -0.25) is 4.79 Å². The maximum Gasteiger partial charge on any atom is 0.320 e. The van der Waals surface area contributed by atoms with Gasteiger partial charge in [0.05, 0.1) is 0 Å². The van der Waals surface area contributed by atoms with Gasteiger partial charge in [0.2, 0.25) is 0 Å². The molecule has 0 amide bonds. The summed E-state index contributed by atoms with van der Waals surface area (Å²) in [5, 5.41) is 11.4. The van der Waals surface area contributed by atoms with Crippen molar-refractivity contribution in [3.63, 3.8) is 0 Å². The average Bonchev–Trinajstić information content (AvgIpc) is 2.13. The van der Waals surface area contributed by atoms with Crippen LogP contribution in [0.4, 0.5) is 0 Å². The largest absolute Gasteiger partial charge is 0.480 e. The van der Waals surface area contributed by atoms with Crippen LogP contribution in [0, 0.1) is 5.92 Å². The molecule has 0 radical (unpaired) electrons. The van der Waals surface area contributed by atoms with Crippen molar-refractivity contribution in [1.82, 2.24) is 5.32 Å². The molecule has 0 spiro atoms. The standard InChI is InChI=1S/C6H11NO2/c1-4-2-3-7-5(4)6(8)9/h4-5,7H,2-3H2,1H3,(H,8,9)/t4-,5-/m0/s1/i6+1. The Labute approximate surface area is 54.1 Å². The van der Waals surface area contributed by atoms with Crippen molar-refractivity contribution >= 4 is 5.97 Å². The van der Waals surface area contributed by atoms with E-state index in [0.29, 0.717) is 5.92 Å². The van der Waals surface area contributed by atoms with Crippen LogP contribution in [0.15, 0.2) is 0 Å². The molecule has 0 aromatic rings. The quantitative estimate of drug-likeness (QED) is 0.494. The second-order valence-electron chi connectivity index (χ2n) is 2.54. The fraction of sp³-hybridized carbons (Fsp3) is 0.833. The van der Waals surface area contributed by atoms with E-state index in [9.17, 15) is 4.79 Å². The van der Waals surface area contributed by atoms with Gasteiger partial charge in [-0.2, -0.15) is 0 Å². The second-order valence-corrected chi connectivity index (χ2v) is 2.54. The molecule has 0 bridgehead atoms. The van der Waals surface area contributed by atoms with Gasteiger partial charge >= 0.3 is 5.97 Å². The molecule has 1 aliphatic heterocycles. The summed E-state index contributed by atoms with van der Waals surface area (Å²) >= 11 is 0. The number of hydrogen-bond acceptors (Lipinski definition) is 2. The molecule has 2 N–H and O–H groups in total. The third-order valence-electron chi connectivity index (χ3n) is 1.80. The SMILES string of the molecule is C[C@H]1CCN[C@@H]1[13C](=O)O. The summed E-state index contributed by atoms with van der Waals surface area (Å²) in [4.78, 5) is 10.3. The monoisotopic (exact) mass is 130 g/mol. The molecule has 0 saturated carbocycles. The van der Waals surface area contributed by atoms with Crippen molar-refractivity contribution in [3.8, 4) is 0 Å². The minimum Gasteiger partial charge on any atom is -0.480 e. The molecular weight excluding hydrogens is 119 g/mol. The number of hydrogen-bond donors (Lipinski definition) is 2. The van der Waals surface area contributed by atoms with E-state index in [2.05, 4.69) is 5.32 Å². The highest BCUT2D eigenvalue weighted by atomic mass is 16.5. The third-order valence-corrected chi connectivity index (χ3v) is 1.80. The van der Waals surface area contributed by atoms with Gasteiger partial charge in [-0.05, 0) is 18.9 Å². The Kier molecular flexibility index (Phi) is 1.71. The minimum absolute atomic E-state index is 0.294. The van der Waals surface area contributed by atoms with Crippen LogP contribution in [-0.2, 0) is 4.79 Å². The maximum atomic E-state index is 10.3. The Balaban J connectivity index is 2.49. The summed E-state index contributed by atoms with van der Waals surface area (Å²) in [7, 11) is 0. The van der Waals surface area contributed by atoms with Gasteiger partial charge in [0.1, 0.15) is 6.04 Å². The minimum atomic E-state index is -0.722. The number of carboxylic acids is 1. The van der Waals surface area contributed by atoms with Gasteiger partial charge in [-0.15, -0.1) is 0 Å². The van der Waals surface area contributed by atoms with Crippen molar-refractivity contribution in [1.29, 1.82) is 0 Å². The molecule has 3 nitrogen and oxygen atoms in total. The van der Waals surface area contributed by atoms with E-state index in [1.165, 1.54) is 0 Å². The lowest BCUT2D eigenvalue weighted by atomic mass is 10.1. The summed E-state index contributed by atoms with van der Waals surface area (Å²) in [6.45, 7) is 2.80. The van der Waals surface area contributed by atoms with E-state index < -0.39 is 5.97 Å². The summed E-state index contributed by atoms with van der Waals surface area (Å²) in [5.41, 5.74) is 0. The van der Waals surface area contributed by atoms with Gasteiger partial charge in [0, 0.05) is 0 Å². The van der Waals surface area contributed by atoms with Crippen molar-refractivity contribution in [2.75, 3.05) is 6.54 Å². The Morgan fingerprint density at radius 3 is 2.67 bits per heavy atom. The van der Waals surface area contributed by atoms with Crippen LogP contribution in [0.2, 0.25) is 0 Å². The first kappa shape index (κ1) is 6.55. The normalized spacial score (nSPS) is 34.8. The number of carbonyl (C=O) groups is 1. The number of aliphatic carboxylic acids is 1. The summed E-state index contributed by atoms with van der Waals surface area (Å²) < 4.78 is 0. The molecule has 0 unspecified atom stereocenters. The van der Waals surface area contributed by atoms with Crippen molar-refractivity contribution in [2.45, 2.75) is 19.4 Å². The van der Waals surface area contributed by atoms with E-state index in [1.54, 1.807) is 0 Å². The maximum absolute atomic E-state index is 10.3. The average molecular weight is 130 g/mol. The molecule has 9 heavy (non-hydrogen) atoms. The van der Waals surface area contributed by atoms with E-state index in [4.69, 9.17) is 5.11 Å². The Bertz CT molecular complexity index is 124. The van der Waals surface area contributed by atoms with Crippen LogP contribution in [0.1, 0.15) is 13.3 Å². The first-order valence-corrected chi connectivity index (χ1v) is 3.18. The third kappa shape index (κ3) is 1.21. The van der Waals surface area contributed by atoms with E-state index in [0.717, 1.165) is 13.0 Å². The molecule has 0 aliphatic carbocycles. The van der Waals surface area contributed by atoms with E-state index in [-0.39, 0.29) is 6.04 Å². The zero-order valence-corrected chi connectivity index (χ0v) is 5.42. The molecule has 0 aromatic heterocycles. The van der Waals surface area contributed by atoms with Gasteiger partial charge in [0.25, 0.3) is 0 Å². The second kappa shape index (κ2) is 2.35. The lowest BCUT2D eigenvalue weighted by Crippen LogP contribution is -2.34. The molecule has 1 saturated heterocycles. The zero-order chi connectivity index (χ0) is 6.85. The van der Waals surface area contributed by atoms with Gasteiger partial charge in [-0.1, -0.05) is 6.92 Å².